The van der Waals surface area contributed by atoms with Gasteiger partial charge in [0.2, 0.25) is 0 Å². The van der Waals surface area contributed by atoms with Gasteiger partial charge in [-0.2, -0.15) is 5.26 Å². The largest absolute Gasteiger partial charge is 0.383 e. The zero-order valence-electron chi connectivity index (χ0n) is 17.3. The lowest BCUT2D eigenvalue weighted by Crippen LogP contribution is -2.07. The number of nitrogens with two attached hydrogens (primary N) is 1. The minimum atomic E-state index is -0.632. The van der Waals surface area contributed by atoms with Crippen molar-refractivity contribution < 1.29 is 8.78 Å². The number of hydrogen-bond acceptors (Lipinski definition) is 6. The van der Waals surface area contributed by atoms with Crippen LogP contribution in [0.4, 0.5) is 14.6 Å². The molecule has 0 aliphatic rings. The van der Waals surface area contributed by atoms with Gasteiger partial charge >= 0.3 is 0 Å². The van der Waals surface area contributed by atoms with Gasteiger partial charge in [-0.05, 0) is 36.8 Å². The number of hydrogen-bond donors (Lipinski definition) is 1. The molecule has 8 nitrogen and oxygen atoms in total. The van der Waals surface area contributed by atoms with E-state index in [2.05, 4.69) is 20.3 Å². The summed E-state index contributed by atoms with van der Waals surface area (Å²) in [4.78, 5) is 8.46. The van der Waals surface area contributed by atoms with Crippen molar-refractivity contribution >= 4 is 16.9 Å². The van der Waals surface area contributed by atoms with Crippen molar-refractivity contribution in [3.05, 3.63) is 84.1 Å². The quantitative estimate of drug-likeness (QED) is 0.450. The van der Waals surface area contributed by atoms with Gasteiger partial charge in [0.05, 0.1) is 23.2 Å². The second kappa shape index (κ2) is 7.80. The number of aromatic nitrogens is 6. The highest BCUT2D eigenvalue weighted by atomic mass is 19.1. The molecule has 0 bridgehead atoms. The van der Waals surface area contributed by atoms with E-state index >= 15 is 0 Å². The van der Waals surface area contributed by atoms with Gasteiger partial charge in [-0.1, -0.05) is 23.4 Å². The van der Waals surface area contributed by atoms with E-state index in [0.29, 0.717) is 27.9 Å². The normalized spacial score (nSPS) is 12.1. The molecule has 0 amide bonds. The predicted octanol–water partition coefficient (Wildman–Crippen LogP) is 4.02. The van der Waals surface area contributed by atoms with Crippen LogP contribution >= 0.6 is 0 Å². The molecule has 0 saturated heterocycles. The van der Waals surface area contributed by atoms with Crippen LogP contribution in [0.15, 0.2) is 61.2 Å². The van der Waals surface area contributed by atoms with Gasteiger partial charge in [-0.3, -0.25) is 0 Å². The Kier molecular flexibility index (Phi) is 4.79. The Morgan fingerprint density at radius 1 is 1.06 bits per heavy atom. The fraction of sp³-hybridized carbons (Fsp3) is 0.0870. The van der Waals surface area contributed by atoms with Crippen LogP contribution in [0.5, 0.6) is 0 Å². The van der Waals surface area contributed by atoms with Gasteiger partial charge in [-0.15, -0.1) is 5.10 Å². The van der Waals surface area contributed by atoms with E-state index in [0.717, 1.165) is 0 Å². The molecule has 10 heteroatoms. The van der Waals surface area contributed by atoms with Crippen LogP contribution in [-0.2, 0) is 0 Å². The summed E-state index contributed by atoms with van der Waals surface area (Å²) in [5.41, 5.74) is 8.60. The van der Waals surface area contributed by atoms with E-state index in [1.807, 2.05) is 17.6 Å². The molecule has 1 atom stereocenters. The number of benzene rings is 2. The van der Waals surface area contributed by atoms with Crippen LogP contribution in [0, 0.1) is 23.0 Å². The maximum atomic E-state index is 14.3. The summed E-state index contributed by atoms with van der Waals surface area (Å²) >= 11 is 0. The van der Waals surface area contributed by atoms with Crippen molar-refractivity contribution in [3.8, 4) is 22.9 Å². The second-order valence-corrected chi connectivity index (χ2v) is 7.43. The molecule has 0 saturated carbocycles. The average Bonchev–Trinajstić information content (AvgIpc) is 3.45. The summed E-state index contributed by atoms with van der Waals surface area (Å²) < 4.78 is 31.7. The molecule has 5 aromatic rings. The zero-order chi connectivity index (χ0) is 23.1. The first kappa shape index (κ1) is 20.3. The highest BCUT2D eigenvalue weighted by Gasteiger charge is 2.22. The summed E-state index contributed by atoms with van der Waals surface area (Å²) in [5, 5.41) is 17.9. The minimum Gasteiger partial charge on any atom is -0.383 e. The Morgan fingerprint density at radius 2 is 1.88 bits per heavy atom. The summed E-state index contributed by atoms with van der Waals surface area (Å²) in [6, 6.07) is 12.1. The van der Waals surface area contributed by atoms with Crippen LogP contribution in [0.2, 0.25) is 0 Å². The van der Waals surface area contributed by atoms with Crippen molar-refractivity contribution in [2.24, 2.45) is 0 Å². The average molecular weight is 442 g/mol. The number of para-hydroxylation sites is 1. The van der Waals surface area contributed by atoms with E-state index in [4.69, 9.17) is 11.0 Å². The molecule has 2 aromatic carbocycles. The van der Waals surface area contributed by atoms with Gasteiger partial charge in [-0.25, -0.2) is 23.4 Å². The highest BCUT2D eigenvalue weighted by Crippen LogP contribution is 2.36. The number of rotatable bonds is 4. The Morgan fingerprint density at radius 3 is 2.64 bits per heavy atom. The Bertz CT molecular complexity index is 1550. The van der Waals surface area contributed by atoms with Crippen molar-refractivity contribution in [1.29, 1.82) is 5.26 Å². The molecule has 0 radical (unpaired) electrons. The van der Waals surface area contributed by atoms with Crippen molar-refractivity contribution in [2.75, 3.05) is 5.73 Å². The van der Waals surface area contributed by atoms with E-state index in [1.165, 1.54) is 29.2 Å². The first-order valence-electron chi connectivity index (χ1n) is 9.96. The van der Waals surface area contributed by atoms with Crippen LogP contribution in [-0.4, -0.2) is 29.5 Å². The maximum Gasteiger partial charge on any atom is 0.148 e. The Labute approximate surface area is 186 Å². The molecule has 0 fully saturated rings. The molecule has 5 rings (SSSR count). The molecule has 0 aliphatic heterocycles. The Hall–Kier alpha value is -4.65. The Balaban J connectivity index is 1.63. The zero-order valence-corrected chi connectivity index (χ0v) is 17.3. The number of fused-ring (bicyclic) bond motifs is 1. The molecule has 2 N–H and O–H groups in total. The lowest BCUT2D eigenvalue weighted by Gasteiger charge is -2.11. The molecule has 3 aromatic heterocycles. The monoisotopic (exact) mass is 442 g/mol. The standard InChI is InChI=1S/C23H16F2N8/c1-13(19-11-33(31-30-19)20-5-3-2-4-17(20)24)32-10-16(21-22(27)28-12-29-23(21)32)14-6-7-15(9-26)18(25)8-14/h2-8,10-13H,1H3,(H2,27,28,29). The topological polar surface area (TPSA) is 111 Å². The highest BCUT2D eigenvalue weighted by molar-refractivity contribution is 6.00. The fourth-order valence-corrected chi connectivity index (χ4v) is 3.76. The summed E-state index contributed by atoms with van der Waals surface area (Å²) in [7, 11) is 0. The molecular weight excluding hydrogens is 426 g/mol. The van der Waals surface area contributed by atoms with Gasteiger partial charge in [0.25, 0.3) is 0 Å². The van der Waals surface area contributed by atoms with Crippen molar-refractivity contribution in [2.45, 2.75) is 13.0 Å². The van der Waals surface area contributed by atoms with E-state index < -0.39 is 11.6 Å². The van der Waals surface area contributed by atoms with Gasteiger partial charge < -0.3 is 10.3 Å². The van der Waals surface area contributed by atoms with Crippen LogP contribution in [0.25, 0.3) is 27.8 Å². The first-order chi connectivity index (χ1) is 16.0. The third kappa shape index (κ3) is 3.36. The van der Waals surface area contributed by atoms with E-state index in [-0.39, 0.29) is 23.1 Å². The summed E-state index contributed by atoms with van der Waals surface area (Å²) in [6.07, 6.45) is 4.77. The van der Waals surface area contributed by atoms with E-state index in [9.17, 15) is 8.78 Å². The van der Waals surface area contributed by atoms with Crippen molar-refractivity contribution in [3.63, 3.8) is 0 Å². The summed E-state index contributed by atoms with van der Waals surface area (Å²) in [6.45, 7) is 1.89. The lowest BCUT2D eigenvalue weighted by atomic mass is 10.0. The van der Waals surface area contributed by atoms with Crippen molar-refractivity contribution in [1.82, 2.24) is 29.5 Å². The molecule has 0 spiro atoms. The number of halogens is 2. The lowest BCUT2D eigenvalue weighted by molar-refractivity contribution is 0.607. The van der Waals surface area contributed by atoms with Crippen LogP contribution in [0.3, 0.4) is 0 Å². The number of nitrogens with zero attached hydrogens (tertiary/aromatic N) is 7. The molecule has 1 unspecified atom stereocenters. The number of nitriles is 1. The van der Waals surface area contributed by atoms with Crippen LogP contribution in [0.1, 0.15) is 24.2 Å². The van der Waals surface area contributed by atoms with Crippen LogP contribution < -0.4 is 5.73 Å². The molecule has 162 valence electrons. The maximum absolute atomic E-state index is 14.3. The SMILES string of the molecule is CC(c1cn(-c2ccccc2F)nn1)n1cc(-c2ccc(C#N)c(F)c2)c2c(N)ncnc21. The minimum absolute atomic E-state index is 0.0511. The third-order valence-corrected chi connectivity index (χ3v) is 5.49. The second-order valence-electron chi connectivity index (χ2n) is 7.43. The molecule has 0 aliphatic carbocycles. The predicted molar refractivity (Wildman–Crippen MR) is 117 cm³/mol. The van der Waals surface area contributed by atoms with Gasteiger partial charge in [0, 0.05) is 11.8 Å². The fourth-order valence-electron chi connectivity index (χ4n) is 3.76. The number of nitrogen functional groups attached to an aromatic ring is 1. The molecular formula is C23H16F2N8. The van der Waals surface area contributed by atoms with Gasteiger partial charge in [0.15, 0.2) is 0 Å². The molecule has 33 heavy (non-hydrogen) atoms. The smallest absolute Gasteiger partial charge is 0.148 e. The third-order valence-electron chi connectivity index (χ3n) is 5.49. The van der Waals surface area contributed by atoms with E-state index in [1.54, 1.807) is 36.7 Å². The van der Waals surface area contributed by atoms with Gasteiger partial charge in [0.1, 0.15) is 46.9 Å². The number of anilines is 1. The first-order valence-corrected chi connectivity index (χ1v) is 9.96. The molecule has 3 heterocycles. The summed E-state index contributed by atoms with van der Waals surface area (Å²) in [5.74, 6) is -0.813.